The molecule has 2 aliphatic rings. The summed E-state index contributed by atoms with van der Waals surface area (Å²) < 4.78 is 27.9. The quantitative estimate of drug-likeness (QED) is 0.646. The molecule has 0 spiro atoms. The van der Waals surface area contributed by atoms with Gasteiger partial charge < -0.3 is 15.5 Å². The maximum absolute atomic E-state index is 14.4. The van der Waals surface area contributed by atoms with E-state index in [1.165, 1.54) is 22.3 Å². The number of nitrogens with two attached hydrogens (primary N) is 1. The second-order valence-electron chi connectivity index (χ2n) is 7.42. The number of anilines is 3. The Bertz CT molecular complexity index is 1120. The maximum atomic E-state index is 14.4. The fourth-order valence-corrected chi connectivity index (χ4v) is 4.91. The Balaban J connectivity index is 1.41. The van der Waals surface area contributed by atoms with Crippen LogP contribution in [0, 0.1) is 5.82 Å². The standard InChI is InChI=1S/C21H19F2N5OS/c22-13-6-8-27(11-13)17-5-4-12(10-25-17)20-26-15-7-9-28(21(29)19(15)30-20)16-3-1-2-14(24)18(16)23/h1-5,10,13H,6-9,11,24H2/t13-/m1/s1. The Kier molecular flexibility index (Phi) is 4.62. The van der Waals surface area contributed by atoms with Gasteiger partial charge in [-0.1, -0.05) is 6.07 Å². The molecule has 30 heavy (non-hydrogen) atoms. The predicted octanol–water partition coefficient (Wildman–Crippen LogP) is 3.68. The third-order valence-corrected chi connectivity index (χ3v) is 6.59. The van der Waals surface area contributed by atoms with Crippen LogP contribution in [0.2, 0.25) is 0 Å². The van der Waals surface area contributed by atoms with Crippen LogP contribution in [0.1, 0.15) is 21.8 Å². The number of fused-ring (bicyclic) bond motifs is 1. The zero-order chi connectivity index (χ0) is 20.8. The highest BCUT2D eigenvalue weighted by Gasteiger charge is 2.31. The van der Waals surface area contributed by atoms with E-state index in [2.05, 4.69) is 9.97 Å². The van der Waals surface area contributed by atoms with Crippen molar-refractivity contribution >= 4 is 34.4 Å². The van der Waals surface area contributed by atoms with E-state index in [9.17, 15) is 13.6 Å². The molecule has 2 aromatic heterocycles. The van der Waals surface area contributed by atoms with Gasteiger partial charge >= 0.3 is 0 Å². The van der Waals surface area contributed by atoms with Gasteiger partial charge in [0.2, 0.25) is 0 Å². The minimum Gasteiger partial charge on any atom is -0.396 e. The molecular weight excluding hydrogens is 408 g/mol. The van der Waals surface area contributed by atoms with E-state index >= 15 is 0 Å². The number of alkyl halides is 1. The van der Waals surface area contributed by atoms with Gasteiger partial charge in [-0.25, -0.2) is 18.7 Å². The number of nitrogens with zero attached hydrogens (tertiary/aromatic N) is 4. The second kappa shape index (κ2) is 7.32. The Morgan fingerprint density at radius 2 is 2.07 bits per heavy atom. The van der Waals surface area contributed by atoms with Gasteiger partial charge in [-0.05, 0) is 30.7 Å². The number of aromatic nitrogens is 2. The zero-order valence-corrected chi connectivity index (χ0v) is 16.8. The fraction of sp³-hybridized carbons (Fsp3) is 0.286. The van der Waals surface area contributed by atoms with E-state index in [1.54, 1.807) is 18.3 Å². The number of thiazole rings is 1. The SMILES string of the molecule is Nc1cccc(N2CCc3nc(-c4ccc(N5CC[C@@H](F)C5)nc4)sc3C2=O)c1F. The maximum Gasteiger partial charge on any atom is 0.270 e. The monoisotopic (exact) mass is 427 g/mol. The Morgan fingerprint density at radius 1 is 1.20 bits per heavy atom. The predicted molar refractivity (Wildman–Crippen MR) is 113 cm³/mol. The van der Waals surface area contributed by atoms with Crippen molar-refractivity contribution in [3.8, 4) is 10.6 Å². The lowest BCUT2D eigenvalue weighted by atomic mass is 10.1. The van der Waals surface area contributed by atoms with Crippen LogP contribution in [0.4, 0.5) is 26.0 Å². The molecule has 1 saturated heterocycles. The molecule has 6 nitrogen and oxygen atoms in total. The number of hydrogen-bond donors (Lipinski definition) is 1. The number of benzene rings is 1. The van der Waals surface area contributed by atoms with Crippen LogP contribution < -0.4 is 15.5 Å². The first-order chi connectivity index (χ1) is 14.5. The smallest absolute Gasteiger partial charge is 0.270 e. The highest BCUT2D eigenvalue weighted by molar-refractivity contribution is 7.17. The molecule has 1 fully saturated rings. The number of nitrogen functional groups attached to an aromatic ring is 1. The van der Waals surface area contributed by atoms with Gasteiger partial charge in [0.15, 0.2) is 5.82 Å². The van der Waals surface area contributed by atoms with Crippen LogP contribution in [0.3, 0.4) is 0 Å². The van der Waals surface area contributed by atoms with Crippen LogP contribution in [0.25, 0.3) is 10.6 Å². The van der Waals surface area contributed by atoms with E-state index in [-0.39, 0.29) is 17.3 Å². The molecule has 0 saturated carbocycles. The van der Waals surface area contributed by atoms with Crippen molar-refractivity contribution in [3.05, 3.63) is 52.9 Å². The number of amides is 1. The topological polar surface area (TPSA) is 75.3 Å². The molecule has 4 heterocycles. The third-order valence-electron chi connectivity index (χ3n) is 5.46. The van der Waals surface area contributed by atoms with Gasteiger partial charge in [-0.2, -0.15) is 0 Å². The molecular formula is C21H19F2N5OS. The van der Waals surface area contributed by atoms with Gasteiger partial charge in [0.25, 0.3) is 5.91 Å². The van der Waals surface area contributed by atoms with Gasteiger partial charge in [0, 0.05) is 31.3 Å². The van der Waals surface area contributed by atoms with Crippen molar-refractivity contribution < 1.29 is 13.6 Å². The number of halogens is 2. The first-order valence-corrected chi connectivity index (χ1v) is 10.5. The first-order valence-electron chi connectivity index (χ1n) is 9.72. The Hall–Kier alpha value is -3.07. The zero-order valence-electron chi connectivity index (χ0n) is 16.0. The fourth-order valence-electron chi connectivity index (χ4n) is 3.85. The van der Waals surface area contributed by atoms with Crippen molar-refractivity contribution in [2.75, 3.05) is 35.2 Å². The Morgan fingerprint density at radius 3 is 2.80 bits per heavy atom. The third kappa shape index (κ3) is 3.19. The molecule has 0 unspecified atom stereocenters. The minimum atomic E-state index is -0.809. The van der Waals surface area contributed by atoms with Crippen molar-refractivity contribution in [2.45, 2.75) is 19.0 Å². The molecule has 154 valence electrons. The molecule has 0 aliphatic carbocycles. The van der Waals surface area contributed by atoms with Crippen LogP contribution in [-0.4, -0.2) is 41.7 Å². The molecule has 1 atom stereocenters. The van der Waals surface area contributed by atoms with Crippen molar-refractivity contribution in [3.63, 3.8) is 0 Å². The number of carbonyl (C=O) groups is 1. The lowest BCUT2D eigenvalue weighted by Crippen LogP contribution is -2.37. The largest absolute Gasteiger partial charge is 0.396 e. The number of rotatable bonds is 3. The van der Waals surface area contributed by atoms with E-state index < -0.39 is 12.0 Å². The second-order valence-corrected chi connectivity index (χ2v) is 8.42. The summed E-state index contributed by atoms with van der Waals surface area (Å²) in [4.78, 5) is 25.9. The average Bonchev–Trinajstić information content (AvgIpc) is 3.38. The van der Waals surface area contributed by atoms with Crippen LogP contribution >= 0.6 is 11.3 Å². The van der Waals surface area contributed by atoms with E-state index in [1.807, 2.05) is 17.0 Å². The van der Waals surface area contributed by atoms with Crippen LogP contribution in [-0.2, 0) is 6.42 Å². The van der Waals surface area contributed by atoms with Gasteiger partial charge in [0.1, 0.15) is 21.9 Å². The molecule has 3 aromatic rings. The minimum absolute atomic E-state index is 0.0133. The highest BCUT2D eigenvalue weighted by atomic mass is 32.1. The highest BCUT2D eigenvalue weighted by Crippen LogP contribution is 2.35. The summed E-state index contributed by atoms with van der Waals surface area (Å²) in [6, 6.07) is 8.39. The number of carbonyl (C=O) groups excluding carboxylic acids is 1. The summed E-state index contributed by atoms with van der Waals surface area (Å²) in [7, 11) is 0. The molecule has 2 N–H and O–H groups in total. The molecule has 5 rings (SSSR count). The van der Waals surface area contributed by atoms with Gasteiger partial charge in [0.05, 0.1) is 23.6 Å². The molecule has 2 aliphatic heterocycles. The first kappa shape index (κ1) is 18.9. The molecule has 9 heteroatoms. The molecule has 1 amide bonds. The molecule has 1 aromatic carbocycles. The van der Waals surface area contributed by atoms with E-state index in [4.69, 9.17) is 5.73 Å². The summed E-state index contributed by atoms with van der Waals surface area (Å²) >= 11 is 1.27. The lowest BCUT2D eigenvalue weighted by Gasteiger charge is -2.26. The Labute approximate surface area is 176 Å². The lowest BCUT2D eigenvalue weighted by molar-refractivity contribution is 0.0983. The van der Waals surface area contributed by atoms with Crippen LogP contribution in [0.15, 0.2) is 36.5 Å². The van der Waals surface area contributed by atoms with Crippen molar-refractivity contribution in [1.29, 1.82) is 0 Å². The molecule has 0 bridgehead atoms. The summed E-state index contributed by atoms with van der Waals surface area (Å²) in [5, 5.41) is 0.687. The summed E-state index contributed by atoms with van der Waals surface area (Å²) in [6.07, 6.45) is 1.94. The number of hydrogen-bond acceptors (Lipinski definition) is 6. The van der Waals surface area contributed by atoms with Crippen LogP contribution in [0.5, 0.6) is 0 Å². The number of pyridine rings is 1. The summed E-state index contributed by atoms with van der Waals surface area (Å²) in [5.74, 6) is -0.129. The van der Waals surface area contributed by atoms with Crippen molar-refractivity contribution in [1.82, 2.24) is 9.97 Å². The van der Waals surface area contributed by atoms with Gasteiger partial charge in [-0.3, -0.25) is 4.79 Å². The average molecular weight is 427 g/mol. The summed E-state index contributed by atoms with van der Waals surface area (Å²) in [6.45, 7) is 1.36. The molecule has 0 radical (unpaired) electrons. The van der Waals surface area contributed by atoms with Gasteiger partial charge in [-0.15, -0.1) is 11.3 Å². The van der Waals surface area contributed by atoms with E-state index in [0.29, 0.717) is 48.1 Å². The normalized spacial score (nSPS) is 18.7. The van der Waals surface area contributed by atoms with E-state index in [0.717, 1.165) is 11.4 Å². The van der Waals surface area contributed by atoms with Crippen molar-refractivity contribution in [2.24, 2.45) is 0 Å². The summed E-state index contributed by atoms with van der Waals surface area (Å²) in [5.41, 5.74) is 7.36.